The van der Waals surface area contributed by atoms with Gasteiger partial charge in [-0.1, -0.05) is 22.0 Å². The highest BCUT2D eigenvalue weighted by Gasteiger charge is 2.32. The molecule has 1 saturated heterocycles. The van der Waals surface area contributed by atoms with Crippen molar-refractivity contribution < 1.29 is 19.4 Å². The first kappa shape index (κ1) is 16.5. The SMILES string of the molecule is COc1cc(C2CC(=O)N(c3ccc(Br)cc3)C2)ccc1C(=O)O. The minimum atomic E-state index is -1.03. The molecule has 3 rings (SSSR count). The van der Waals surface area contributed by atoms with Crippen LogP contribution in [0.5, 0.6) is 5.75 Å². The van der Waals surface area contributed by atoms with E-state index in [1.54, 1.807) is 17.0 Å². The minimum Gasteiger partial charge on any atom is -0.496 e. The molecule has 0 saturated carbocycles. The smallest absolute Gasteiger partial charge is 0.339 e. The zero-order valence-electron chi connectivity index (χ0n) is 13.0. The van der Waals surface area contributed by atoms with Crippen LogP contribution in [-0.2, 0) is 4.79 Å². The molecule has 1 fully saturated rings. The maximum absolute atomic E-state index is 12.4. The standard InChI is InChI=1S/C18H16BrNO4/c1-24-16-8-11(2-7-15(16)18(22)23)12-9-17(21)20(10-12)14-5-3-13(19)4-6-14/h2-8,12H,9-10H2,1H3,(H,22,23). The van der Waals surface area contributed by atoms with Gasteiger partial charge in [0.15, 0.2) is 0 Å². The summed E-state index contributed by atoms with van der Waals surface area (Å²) in [5.41, 5.74) is 1.89. The monoisotopic (exact) mass is 389 g/mol. The number of rotatable bonds is 4. The molecule has 1 heterocycles. The quantitative estimate of drug-likeness (QED) is 0.865. The normalized spacial score (nSPS) is 17.2. The lowest BCUT2D eigenvalue weighted by atomic mass is 9.96. The van der Waals surface area contributed by atoms with Crippen molar-refractivity contribution in [1.29, 1.82) is 0 Å². The van der Waals surface area contributed by atoms with E-state index in [0.29, 0.717) is 18.7 Å². The van der Waals surface area contributed by atoms with Gasteiger partial charge in [0.25, 0.3) is 0 Å². The topological polar surface area (TPSA) is 66.8 Å². The lowest BCUT2D eigenvalue weighted by molar-refractivity contribution is -0.117. The molecule has 1 N–H and O–H groups in total. The van der Waals surface area contributed by atoms with E-state index in [2.05, 4.69) is 15.9 Å². The molecule has 0 aliphatic carbocycles. The van der Waals surface area contributed by atoms with Gasteiger partial charge < -0.3 is 14.7 Å². The number of anilines is 1. The Labute approximate surface area is 148 Å². The number of carbonyl (C=O) groups is 2. The van der Waals surface area contributed by atoms with Crippen molar-refractivity contribution in [3.05, 3.63) is 58.1 Å². The minimum absolute atomic E-state index is 0.0119. The summed E-state index contributed by atoms with van der Waals surface area (Å²) < 4.78 is 6.14. The van der Waals surface area contributed by atoms with Crippen LogP contribution in [0.15, 0.2) is 46.9 Å². The van der Waals surface area contributed by atoms with Crippen molar-refractivity contribution in [1.82, 2.24) is 0 Å². The van der Waals surface area contributed by atoms with Crippen LogP contribution >= 0.6 is 15.9 Å². The number of methoxy groups -OCH3 is 1. The highest BCUT2D eigenvalue weighted by atomic mass is 79.9. The van der Waals surface area contributed by atoms with Gasteiger partial charge in [0.05, 0.1) is 7.11 Å². The van der Waals surface area contributed by atoms with Crippen molar-refractivity contribution in [2.45, 2.75) is 12.3 Å². The molecule has 5 nitrogen and oxygen atoms in total. The third kappa shape index (κ3) is 3.14. The van der Waals surface area contributed by atoms with E-state index in [1.807, 2.05) is 24.3 Å². The maximum Gasteiger partial charge on any atom is 0.339 e. The van der Waals surface area contributed by atoms with Gasteiger partial charge in [0.2, 0.25) is 5.91 Å². The Morgan fingerprint density at radius 3 is 2.58 bits per heavy atom. The Morgan fingerprint density at radius 2 is 1.96 bits per heavy atom. The lowest BCUT2D eigenvalue weighted by Gasteiger charge is -2.17. The highest BCUT2D eigenvalue weighted by molar-refractivity contribution is 9.10. The van der Waals surface area contributed by atoms with Gasteiger partial charge in [-0.3, -0.25) is 4.79 Å². The molecular formula is C18H16BrNO4. The fourth-order valence-corrected chi connectivity index (χ4v) is 3.20. The Hall–Kier alpha value is -2.34. The highest BCUT2D eigenvalue weighted by Crippen LogP contribution is 2.34. The van der Waals surface area contributed by atoms with E-state index in [-0.39, 0.29) is 17.4 Å². The number of amides is 1. The van der Waals surface area contributed by atoms with Gasteiger partial charge in [0, 0.05) is 29.0 Å². The average molecular weight is 390 g/mol. The molecule has 0 spiro atoms. The van der Waals surface area contributed by atoms with Crippen LogP contribution < -0.4 is 9.64 Å². The number of ether oxygens (including phenoxy) is 1. The molecule has 1 aliphatic rings. The molecule has 2 aromatic rings. The van der Waals surface area contributed by atoms with Gasteiger partial charge >= 0.3 is 5.97 Å². The number of nitrogens with zero attached hydrogens (tertiary/aromatic N) is 1. The van der Waals surface area contributed by atoms with Gasteiger partial charge in [-0.2, -0.15) is 0 Å². The van der Waals surface area contributed by atoms with E-state index in [1.165, 1.54) is 13.2 Å². The number of benzene rings is 2. The van der Waals surface area contributed by atoms with Gasteiger partial charge in [-0.05, 0) is 42.0 Å². The number of carboxylic acid groups (broad SMARTS) is 1. The van der Waals surface area contributed by atoms with Crippen LogP contribution in [0.3, 0.4) is 0 Å². The van der Waals surface area contributed by atoms with Gasteiger partial charge in [-0.15, -0.1) is 0 Å². The van der Waals surface area contributed by atoms with Crippen LogP contribution in [-0.4, -0.2) is 30.6 Å². The van der Waals surface area contributed by atoms with Crippen molar-refractivity contribution in [2.24, 2.45) is 0 Å². The summed E-state index contributed by atoms with van der Waals surface area (Å²) in [6, 6.07) is 12.6. The molecule has 6 heteroatoms. The molecule has 24 heavy (non-hydrogen) atoms. The number of carbonyl (C=O) groups excluding carboxylic acids is 1. The Bertz CT molecular complexity index is 788. The van der Waals surface area contributed by atoms with E-state index in [0.717, 1.165) is 15.7 Å². The van der Waals surface area contributed by atoms with Crippen molar-refractivity contribution in [3.8, 4) is 5.75 Å². The van der Waals surface area contributed by atoms with E-state index in [9.17, 15) is 9.59 Å². The molecule has 1 aliphatic heterocycles. The Balaban J connectivity index is 1.85. The van der Waals surface area contributed by atoms with Crippen LogP contribution in [0.25, 0.3) is 0 Å². The third-order valence-corrected chi connectivity index (χ3v) is 4.72. The number of hydrogen-bond donors (Lipinski definition) is 1. The maximum atomic E-state index is 12.4. The van der Waals surface area contributed by atoms with Crippen LogP contribution in [0.1, 0.15) is 28.3 Å². The lowest BCUT2D eigenvalue weighted by Crippen LogP contribution is -2.24. The summed E-state index contributed by atoms with van der Waals surface area (Å²) >= 11 is 3.39. The molecule has 1 atom stereocenters. The summed E-state index contributed by atoms with van der Waals surface area (Å²) in [6.07, 6.45) is 0.394. The average Bonchev–Trinajstić information content (AvgIpc) is 2.96. The first-order valence-corrected chi connectivity index (χ1v) is 8.26. The van der Waals surface area contributed by atoms with E-state index >= 15 is 0 Å². The molecule has 2 aromatic carbocycles. The fourth-order valence-electron chi connectivity index (χ4n) is 2.94. The zero-order valence-corrected chi connectivity index (χ0v) is 14.6. The summed E-state index contributed by atoms with van der Waals surface area (Å²) in [5, 5.41) is 9.16. The molecule has 1 unspecified atom stereocenters. The Kier molecular flexibility index (Phi) is 4.57. The first-order valence-electron chi connectivity index (χ1n) is 7.46. The van der Waals surface area contributed by atoms with E-state index in [4.69, 9.17) is 9.84 Å². The second-order valence-electron chi connectivity index (χ2n) is 5.65. The van der Waals surface area contributed by atoms with Crippen LogP contribution in [0.2, 0.25) is 0 Å². The van der Waals surface area contributed by atoms with E-state index < -0.39 is 5.97 Å². The molecule has 0 bridgehead atoms. The number of aromatic carboxylic acids is 1. The molecular weight excluding hydrogens is 374 g/mol. The van der Waals surface area contributed by atoms with Crippen LogP contribution in [0, 0.1) is 0 Å². The predicted octanol–water partition coefficient (Wildman–Crippen LogP) is 3.68. The Morgan fingerprint density at radius 1 is 1.25 bits per heavy atom. The van der Waals surface area contributed by atoms with Crippen molar-refractivity contribution >= 4 is 33.5 Å². The number of hydrogen-bond acceptors (Lipinski definition) is 3. The molecule has 0 radical (unpaired) electrons. The predicted molar refractivity (Wildman–Crippen MR) is 93.8 cm³/mol. The second kappa shape index (κ2) is 6.65. The summed E-state index contributed by atoms with van der Waals surface area (Å²) in [7, 11) is 1.44. The van der Waals surface area contributed by atoms with Crippen molar-refractivity contribution in [3.63, 3.8) is 0 Å². The summed E-state index contributed by atoms with van der Waals surface area (Å²) in [4.78, 5) is 25.3. The molecule has 0 aromatic heterocycles. The summed E-state index contributed by atoms with van der Waals surface area (Å²) in [5.74, 6) is -0.645. The fraction of sp³-hybridized carbons (Fsp3) is 0.222. The molecule has 1 amide bonds. The number of halogens is 1. The second-order valence-corrected chi connectivity index (χ2v) is 6.56. The van der Waals surface area contributed by atoms with Crippen LogP contribution in [0.4, 0.5) is 5.69 Å². The van der Waals surface area contributed by atoms with Gasteiger partial charge in [0.1, 0.15) is 11.3 Å². The third-order valence-electron chi connectivity index (χ3n) is 4.19. The summed E-state index contributed by atoms with van der Waals surface area (Å²) in [6.45, 7) is 0.566. The number of carboxylic acids is 1. The van der Waals surface area contributed by atoms with Gasteiger partial charge in [-0.25, -0.2) is 4.79 Å². The largest absolute Gasteiger partial charge is 0.496 e. The zero-order chi connectivity index (χ0) is 17.3. The molecule has 124 valence electrons. The van der Waals surface area contributed by atoms with Crippen molar-refractivity contribution in [2.75, 3.05) is 18.6 Å². The first-order chi connectivity index (χ1) is 11.5.